The van der Waals surface area contributed by atoms with Crippen LogP contribution in [0.25, 0.3) is 0 Å². The topological polar surface area (TPSA) is 157 Å². The quantitative estimate of drug-likeness (QED) is 0.471. The second kappa shape index (κ2) is 75.3. The van der Waals surface area contributed by atoms with Crippen LogP contribution in [-0.4, -0.2) is 0 Å². The van der Waals surface area contributed by atoms with Crippen molar-refractivity contribution in [2.75, 3.05) is 0 Å². The van der Waals surface area contributed by atoms with Gasteiger partial charge in [0.2, 0.25) is 0 Å². The van der Waals surface area contributed by atoms with Crippen molar-refractivity contribution >= 4 is 0 Å². The molecular weight excluding hydrogens is 283 g/mol. The van der Waals surface area contributed by atoms with Gasteiger partial charge in [0.1, 0.15) is 0 Å². The van der Waals surface area contributed by atoms with Crippen molar-refractivity contribution in [3.05, 3.63) is 30.3 Å². The monoisotopic (exact) mass is 283 g/mol. The van der Waals surface area contributed by atoms with Gasteiger partial charge in [0.05, 0.1) is 0 Å². The Morgan fingerprint density at radius 3 is 0.700 bits per heavy atom. The molecule has 0 unspecified atom stereocenters. The largest absolute Gasteiger partial charge is 0.444 e. The average molecular weight is 283 g/mol. The van der Waals surface area contributed by atoms with E-state index in [2.05, 4.69) is 0 Å². The maximum absolute atomic E-state index is 8.00. The first-order valence-corrected chi connectivity index (χ1v) is 1.10. The molecule has 0 fully saturated rings. The third-order valence-corrected chi connectivity index (χ3v) is 0. The summed E-state index contributed by atoms with van der Waals surface area (Å²) in [6.07, 6.45) is 0. The molecule has 0 saturated carbocycles. The van der Waals surface area contributed by atoms with E-state index in [1.54, 1.807) is 0 Å². The van der Waals surface area contributed by atoms with Gasteiger partial charge < -0.3 is 30.3 Å². The molecule has 0 spiro atoms. The summed E-state index contributed by atoms with van der Waals surface area (Å²) in [5.41, 5.74) is 0. The Morgan fingerprint density at radius 2 is 0.700 bits per heavy atom. The van der Waals surface area contributed by atoms with Gasteiger partial charge in [0.25, 0.3) is 0 Å². The molecule has 0 rings (SSSR count). The van der Waals surface area contributed by atoms with Crippen LogP contribution in [0.5, 0.6) is 0 Å². The second-order valence-electron chi connectivity index (χ2n) is 0.224. The molecule has 9 nitrogen and oxygen atoms in total. The number of hydrogen-bond donors (Lipinski definition) is 0. The number of rotatable bonds is 0. The molecule has 0 aliphatic carbocycles. The van der Waals surface area contributed by atoms with Gasteiger partial charge in [-0.05, 0) is 0 Å². The van der Waals surface area contributed by atoms with E-state index < -0.39 is 0 Å². The van der Waals surface area contributed by atoms with Crippen molar-refractivity contribution in [1.82, 2.24) is 0 Å². The average Bonchev–Trinajstić information content (AvgIpc) is 1.70. The van der Waals surface area contributed by atoms with Crippen molar-refractivity contribution in [2.45, 2.75) is 0 Å². The molecule has 0 bridgehead atoms. The molecule has 0 N–H and O–H groups in total. The summed E-state index contributed by atoms with van der Waals surface area (Å²) in [6.45, 7) is 0. The van der Waals surface area contributed by atoms with Gasteiger partial charge in [-0.3, -0.25) is 0 Å². The van der Waals surface area contributed by atoms with Crippen LogP contribution in [0.1, 0.15) is 0 Å². The van der Waals surface area contributed by atoms with Crippen LogP contribution in [0, 0.1) is 70.7 Å². The zero-order valence-corrected chi connectivity index (χ0v) is 7.11. The number of hydrogen-bond acceptors (Lipinski definition) is 9. The van der Waals surface area contributed by atoms with Gasteiger partial charge >= 0.3 is 0 Å². The fraction of sp³-hybridized carbons (Fsp3) is 0. The van der Waals surface area contributed by atoms with E-state index in [0.717, 1.165) is 16.0 Å². The van der Waals surface area contributed by atoms with Crippen LogP contribution >= 0.6 is 0 Å². The first kappa shape index (κ1) is 22.7. The summed E-state index contributed by atoms with van der Waals surface area (Å²) >= 11 is 0. The third kappa shape index (κ3) is 1510. The van der Waals surface area contributed by atoms with Gasteiger partial charge in [-0.25, -0.2) is 0 Å². The first-order valence-electron chi connectivity index (χ1n) is 1.10. The van der Waals surface area contributed by atoms with Gasteiger partial charge in [-0.1, -0.05) is 0 Å². The molecule has 0 amide bonds. The predicted molar refractivity (Wildman–Crippen MR) is 27.5 cm³/mol. The van der Waals surface area contributed by atoms with E-state index in [0.29, 0.717) is 0 Å². The van der Waals surface area contributed by atoms with Gasteiger partial charge in [0.15, 0.2) is 0 Å². The molecule has 10 heteroatoms. The summed E-state index contributed by atoms with van der Waals surface area (Å²) in [4.78, 5) is 24.0. The minimum Gasteiger partial charge on any atom is -0.444 e. The van der Waals surface area contributed by atoms with Crippen molar-refractivity contribution in [1.29, 1.82) is 0 Å². The predicted octanol–water partition coefficient (Wildman–Crippen LogP) is 0.752. The number of nitrogens with zero attached hydrogens (tertiary/aromatic N) is 3. The maximum atomic E-state index is 8.00. The van der Waals surface area contributed by atoms with Gasteiger partial charge in [-0.2, -0.15) is 0 Å². The summed E-state index contributed by atoms with van der Waals surface area (Å²) in [7, 11) is 0. The molecular formula is N3O6Pm-3. The summed E-state index contributed by atoms with van der Waals surface area (Å²) in [5, 5.41) is 27.0. The van der Waals surface area contributed by atoms with E-state index in [9.17, 15) is 0 Å². The molecule has 0 atom stereocenters. The van der Waals surface area contributed by atoms with Crippen molar-refractivity contribution in [2.24, 2.45) is 16.0 Å². The molecule has 0 aromatic heterocycles. The Hall–Kier alpha value is -0.462. The fourth-order valence-electron chi connectivity index (χ4n) is 0. The fourth-order valence-corrected chi connectivity index (χ4v) is 0. The third-order valence-electron chi connectivity index (χ3n) is 0. The summed E-state index contributed by atoms with van der Waals surface area (Å²) < 4.78 is 0. The Labute approximate surface area is 86.3 Å². The smallest absolute Gasteiger partial charge is 0 e. The Morgan fingerprint density at radius 1 is 0.700 bits per heavy atom. The summed E-state index contributed by atoms with van der Waals surface area (Å²) in [5.74, 6) is 0. The zero-order chi connectivity index (χ0) is 8.12. The molecule has 1 radical (unpaired) electrons. The van der Waals surface area contributed by atoms with E-state index in [1.165, 1.54) is 0 Å². The normalized spacial score (nSPS) is 3.60. The van der Waals surface area contributed by atoms with Crippen LogP contribution in [0.15, 0.2) is 16.0 Å². The molecule has 10 heavy (non-hydrogen) atoms. The Kier molecular flexibility index (Phi) is 171. The van der Waals surface area contributed by atoms with Crippen LogP contribution in [0.2, 0.25) is 0 Å². The van der Waals surface area contributed by atoms with E-state index in [-0.39, 0.29) is 40.4 Å². The van der Waals surface area contributed by atoms with Crippen molar-refractivity contribution in [3.63, 3.8) is 0 Å². The Balaban J connectivity index is -0.0000000257. The molecule has 0 saturated heterocycles. The van der Waals surface area contributed by atoms with Crippen LogP contribution in [-0.2, 0) is 0 Å². The molecule has 0 aliphatic rings. The molecule has 0 aromatic carbocycles. The molecule has 0 heterocycles. The summed E-state index contributed by atoms with van der Waals surface area (Å²) in [6, 6.07) is 0. The van der Waals surface area contributed by atoms with Gasteiger partial charge in [0, 0.05) is 40.4 Å². The van der Waals surface area contributed by atoms with Crippen LogP contribution < -0.4 is 0 Å². The minimum atomic E-state index is 0. The maximum Gasteiger partial charge on any atom is 0 e. The van der Waals surface area contributed by atoms with Gasteiger partial charge in [-0.15, -0.1) is 16.0 Å². The SMILES string of the molecule is O=N[O-].O=N[O-].O=N[O-].[Pm]. The van der Waals surface area contributed by atoms with Crippen LogP contribution in [0.4, 0.5) is 0 Å². The van der Waals surface area contributed by atoms with E-state index >= 15 is 0 Å². The van der Waals surface area contributed by atoms with Crippen molar-refractivity contribution < 1.29 is 40.4 Å². The Bertz CT molecular complexity index is 49.7. The van der Waals surface area contributed by atoms with Crippen LogP contribution in [0.3, 0.4) is 0 Å². The zero-order valence-electron chi connectivity index (χ0n) is 4.24. The van der Waals surface area contributed by atoms with E-state index in [1.807, 2.05) is 0 Å². The first-order chi connectivity index (χ1) is 4.24. The van der Waals surface area contributed by atoms with E-state index in [4.69, 9.17) is 30.3 Å². The molecule has 0 aromatic rings. The second-order valence-corrected chi connectivity index (χ2v) is 0.224. The molecule has 59 valence electrons. The minimum absolute atomic E-state index is 0. The van der Waals surface area contributed by atoms with Crippen molar-refractivity contribution in [3.8, 4) is 0 Å². The standard InChI is InChI=1S/3HNO2.Pm/c3*2-1-3;/h3*(H,2,3);/p-3. The molecule has 0 aliphatic heterocycles.